The molecular formula is C29H37N5O7S. The minimum absolute atomic E-state index is 0.110. The highest BCUT2D eigenvalue weighted by Crippen LogP contribution is 2.38. The van der Waals surface area contributed by atoms with E-state index < -0.39 is 10.2 Å². The monoisotopic (exact) mass is 599 g/mol. The molecule has 0 radical (unpaired) electrons. The number of fused-ring (bicyclic) bond motifs is 8. The largest absolute Gasteiger partial charge is 0.494 e. The predicted octanol–water partition coefficient (Wildman–Crippen LogP) is 2.66. The highest BCUT2D eigenvalue weighted by molar-refractivity contribution is 7.86. The van der Waals surface area contributed by atoms with Gasteiger partial charge in [-0.2, -0.15) is 22.1 Å². The number of rotatable bonds is 4. The molecule has 3 aromatic rings. The Morgan fingerprint density at radius 1 is 1.07 bits per heavy atom. The molecule has 1 N–H and O–H groups in total. The first-order valence-corrected chi connectivity index (χ1v) is 15.2. The molecule has 0 saturated heterocycles. The van der Waals surface area contributed by atoms with Gasteiger partial charge in [-0.3, -0.25) is 14.3 Å². The molecule has 3 aliphatic heterocycles. The van der Waals surface area contributed by atoms with Crippen LogP contribution >= 0.6 is 0 Å². The first-order valence-electron chi connectivity index (χ1n) is 13.8. The summed E-state index contributed by atoms with van der Waals surface area (Å²) in [6.45, 7) is 4.07. The van der Waals surface area contributed by atoms with Gasteiger partial charge in [-0.1, -0.05) is 18.2 Å². The zero-order valence-electron chi connectivity index (χ0n) is 24.0. The van der Waals surface area contributed by atoms with Gasteiger partial charge in [0.15, 0.2) is 0 Å². The molecular weight excluding hydrogens is 562 g/mol. The fraction of sp³-hybridized carbons (Fsp3) is 0.414. The van der Waals surface area contributed by atoms with Crippen molar-refractivity contribution in [1.29, 1.82) is 0 Å². The first kappa shape index (κ1) is 31.0. The van der Waals surface area contributed by atoms with E-state index in [1.807, 2.05) is 60.5 Å². The van der Waals surface area contributed by atoms with Crippen molar-refractivity contribution < 1.29 is 32.6 Å². The number of amides is 1. The second kappa shape index (κ2) is 13.8. The van der Waals surface area contributed by atoms with E-state index in [1.165, 1.54) is 22.7 Å². The zero-order chi connectivity index (χ0) is 30.3. The summed E-state index contributed by atoms with van der Waals surface area (Å²) < 4.78 is 42.2. The average Bonchev–Trinajstić information content (AvgIpc) is 3.47. The number of nitrogens with zero attached hydrogens (tertiary/aromatic N) is 5. The van der Waals surface area contributed by atoms with Crippen molar-refractivity contribution in [2.75, 3.05) is 46.9 Å². The molecule has 3 aliphatic rings. The average molecular weight is 600 g/mol. The van der Waals surface area contributed by atoms with E-state index in [0.717, 1.165) is 16.7 Å². The Bertz CT molecular complexity index is 1490. The van der Waals surface area contributed by atoms with E-state index in [4.69, 9.17) is 19.4 Å². The molecule has 42 heavy (non-hydrogen) atoms. The van der Waals surface area contributed by atoms with Crippen LogP contribution in [0, 0.1) is 0 Å². The molecule has 6 bridgehead atoms. The van der Waals surface area contributed by atoms with Gasteiger partial charge in [-0.05, 0) is 66.8 Å². The van der Waals surface area contributed by atoms with Crippen LogP contribution in [0.25, 0.3) is 0 Å². The first-order chi connectivity index (χ1) is 20.2. The molecule has 0 fully saturated rings. The number of ether oxygens (including phenoxy) is 2. The molecule has 2 aromatic carbocycles. The van der Waals surface area contributed by atoms with Crippen LogP contribution < -0.4 is 9.47 Å². The summed E-state index contributed by atoms with van der Waals surface area (Å²) >= 11 is 0. The van der Waals surface area contributed by atoms with Crippen molar-refractivity contribution in [2.24, 2.45) is 0 Å². The third-order valence-electron chi connectivity index (χ3n) is 7.18. The summed E-state index contributed by atoms with van der Waals surface area (Å²) in [6.07, 6.45) is 3.01. The van der Waals surface area contributed by atoms with E-state index in [1.54, 1.807) is 10.7 Å². The molecule has 12 nitrogen and oxygen atoms in total. The summed E-state index contributed by atoms with van der Waals surface area (Å²) in [5.41, 5.74) is 3.49. The van der Waals surface area contributed by atoms with Gasteiger partial charge in [0.1, 0.15) is 23.8 Å². The van der Waals surface area contributed by atoms with Crippen LogP contribution in [-0.4, -0.2) is 96.1 Å². The van der Waals surface area contributed by atoms with Gasteiger partial charge in [0.05, 0.1) is 12.6 Å². The van der Waals surface area contributed by atoms with E-state index >= 15 is 0 Å². The Kier molecular flexibility index (Phi) is 10.2. The fourth-order valence-corrected chi connectivity index (χ4v) is 6.24. The van der Waals surface area contributed by atoms with E-state index in [-0.39, 0.29) is 31.6 Å². The lowest BCUT2D eigenvalue weighted by Gasteiger charge is -2.37. The summed E-state index contributed by atoms with van der Waals surface area (Å²) in [5.74, 6) is 1.25. The van der Waals surface area contributed by atoms with E-state index in [0.29, 0.717) is 56.3 Å². The summed E-state index contributed by atoms with van der Waals surface area (Å²) in [6, 6.07) is 15.2. The van der Waals surface area contributed by atoms with Gasteiger partial charge in [0.2, 0.25) is 0 Å². The van der Waals surface area contributed by atoms with Gasteiger partial charge >= 0.3 is 0 Å². The molecule has 0 saturated carbocycles. The maximum Gasteiger partial charge on any atom is 0.290 e. The van der Waals surface area contributed by atoms with Gasteiger partial charge < -0.3 is 19.5 Å². The minimum Gasteiger partial charge on any atom is -0.494 e. The molecule has 226 valence electrons. The topological polar surface area (TPSA) is 135 Å². The lowest BCUT2D eigenvalue weighted by molar-refractivity contribution is -0.122. The molecule has 4 heterocycles. The van der Waals surface area contributed by atoms with Crippen LogP contribution in [0.15, 0.2) is 54.7 Å². The number of benzene rings is 2. The molecule has 1 aromatic heterocycles. The van der Waals surface area contributed by atoms with Crippen LogP contribution in [0.4, 0.5) is 0 Å². The van der Waals surface area contributed by atoms with Crippen LogP contribution in [0.2, 0.25) is 0 Å². The predicted molar refractivity (Wildman–Crippen MR) is 156 cm³/mol. The number of carbonyl (C=O) groups is 2. The number of carbonyl (C=O) groups excluding carboxylic acids is 1. The van der Waals surface area contributed by atoms with E-state index in [9.17, 15) is 13.2 Å². The van der Waals surface area contributed by atoms with Crippen molar-refractivity contribution in [3.8, 4) is 11.5 Å². The second-order valence-electron chi connectivity index (χ2n) is 9.99. The van der Waals surface area contributed by atoms with Crippen LogP contribution in [-0.2, 0) is 28.0 Å². The zero-order valence-corrected chi connectivity index (χ0v) is 24.9. The normalized spacial score (nSPS) is 17.5. The van der Waals surface area contributed by atoms with Crippen molar-refractivity contribution in [1.82, 2.24) is 23.3 Å². The molecule has 1 amide bonds. The number of hydrogen-bond donors (Lipinski definition) is 1. The number of carboxylic acid groups (broad SMARTS) is 1. The molecule has 1 atom stereocenters. The third kappa shape index (κ3) is 6.92. The third-order valence-corrected chi connectivity index (χ3v) is 9.12. The summed E-state index contributed by atoms with van der Waals surface area (Å²) in [5, 5.41) is 11.4. The van der Waals surface area contributed by atoms with Crippen LogP contribution in [0.1, 0.15) is 46.6 Å². The molecule has 1 unspecified atom stereocenters. The lowest BCUT2D eigenvalue weighted by Crippen LogP contribution is -2.43. The summed E-state index contributed by atoms with van der Waals surface area (Å²) in [7, 11) is -0.541. The molecule has 0 spiro atoms. The van der Waals surface area contributed by atoms with Gasteiger partial charge in [-0.25, -0.2) is 0 Å². The Morgan fingerprint density at radius 3 is 2.52 bits per heavy atom. The number of aromatic nitrogens is 2. The minimum atomic E-state index is -3.60. The Balaban J connectivity index is 0.00000129. The Hall–Kier alpha value is -3.94. The van der Waals surface area contributed by atoms with Crippen molar-refractivity contribution in [2.45, 2.75) is 32.4 Å². The Labute approximate surface area is 246 Å². The van der Waals surface area contributed by atoms with E-state index in [2.05, 4.69) is 5.10 Å². The summed E-state index contributed by atoms with van der Waals surface area (Å²) in [4.78, 5) is 23.9. The maximum atomic E-state index is 13.7. The standard InChI is InChI=1S/C28H35N5O5S.CH2O2/c1-4-31-14-12-26(29-31)28(34)33-15-11-21-19-24-9-10-25(21)27(33)22-7-5-8-23(20-22)37-17-6-13-32(16-18-38-24)39(35,36)30(2)3;2-1-3/h5,7-10,12,14,19-20,27H,4,6,11,13,15-18H2,1-3H3;1H,(H,2,3). The highest BCUT2D eigenvalue weighted by atomic mass is 32.2. The van der Waals surface area contributed by atoms with Gasteiger partial charge in [0.25, 0.3) is 22.6 Å². The number of aryl methyl sites for hydroxylation is 1. The number of hydrogen-bond acceptors (Lipinski definition) is 7. The maximum absolute atomic E-state index is 13.7. The highest BCUT2D eigenvalue weighted by Gasteiger charge is 2.34. The second-order valence-corrected chi connectivity index (χ2v) is 12.1. The molecule has 0 aliphatic carbocycles. The van der Waals surface area contributed by atoms with Crippen LogP contribution in [0.3, 0.4) is 0 Å². The molecule has 13 heteroatoms. The smallest absolute Gasteiger partial charge is 0.290 e. The van der Waals surface area contributed by atoms with Gasteiger partial charge in [0, 0.05) is 46.5 Å². The van der Waals surface area contributed by atoms with Gasteiger partial charge in [-0.15, -0.1) is 0 Å². The van der Waals surface area contributed by atoms with Crippen molar-refractivity contribution in [3.63, 3.8) is 0 Å². The van der Waals surface area contributed by atoms with Crippen molar-refractivity contribution in [3.05, 3.63) is 77.1 Å². The fourth-order valence-electron chi connectivity index (χ4n) is 5.11. The SMILES string of the molecule is CCn1ccc(C(=O)N2CCc3cc4ccc3C2c2cccc(c2)OCCCN(S(=O)(=O)N(C)C)CCO4)n1.O=CO. The molecule has 6 rings (SSSR count). The lowest BCUT2D eigenvalue weighted by atomic mass is 9.87. The quantitative estimate of drug-likeness (QED) is 0.453. The van der Waals surface area contributed by atoms with Crippen LogP contribution in [0.5, 0.6) is 11.5 Å². The van der Waals surface area contributed by atoms with Crippen molar-refractivity contribution >= 4 is 22.6 Å². The Morgan fingerprint density at radius 2 is 1.81 bits per heavy atom.